The molecule has 4 aliphatic carbocycles. The van der Waals surface area contributed by atoms with E-state index in [1.54, 1.807) is 18.7 Å². The number of hydrogen-bond acceptors (Lipinski definition) is 15. The van der Waals surface area contributed by atoms with E-state index < -0.39 is 0 Å². The van der Waals surface area contributed by atoms with Crippen molar-refractivity contribution in [3.8, 4) is 28.8 Å². The highest BCUT2D eigenvalue weighted by molar-refractivity contribution is 6.28. The molecule has 0 spiro atoms. The molecular formula is C47H56ClN19. The number of imidazole rings is 4. The van der Waals surface area contributed by atoms with E-state index in [1.165, 1.54) is 49.7 Å². The Morgan fingerprint density at radius 2 is 1.12 bits per heavy atom. The van der Waals surface area contributed by atoms with Crippen molar-refractivity contribution in [1.82, 2.24) is 78.1 Å². The monoisotopic (exact) mass is 921 g/mol. The number of fused-ring (bicyclic) bond motifs is 4. The summed E-state index contributed by atoms with van der Waals surface area (Å²) in [5.74, 6) is 4.64. The van der Waals surface area contributed by atoms with E-state index in [9.17, 15) is 0 Å². The van der Waals surface area contributed by atoms with Gasteiger partial charge in [-0.3, -0.25) is 0 Å². The summed E-state index contributed by atoms with van der Waals surface area (Å²) in [6.07, 6.45) is 23.2. The van der Waals surface area contributed by atoms with Gasteiger partial charge in [-0.2, -0.15) is 5.26 Å². The molecule has 4 aliphatic rings. The maximum Gasteiger partial charge on any atom is 0.203 e. The van der Waals surface area contributed by atoms with Crippen molar-refractivity contribution < 1.29 is 0 Å². The number of aromatic nitrogens is 16. The summed E-state index contributed by atoms with van der Waals surface area (Å²) in [6.45, 7) is 10.9. The molecule has 0 aliphatic heterocycles. The van der Waals surface area contributed by atoms with Crippen LogP contribution >= 0.6 is 11.6 Å². The standard InChI is InChI=1S/C22H24ClN9.C22H25N9.C2H3N.CH4/c1-3-31-20(13-9-24-12(2)25-10-13)30-18-19(26-11-27-21(18)31)28-14-4-7-16-17(8-14)32(15-5-6-15)22(23)29-16;1-3-30-21(14-9-23-13(2)24-10-14)29-19-20(25-11-26-22(19)30)28-15-4-7-17-18(8-15)31(12-27-17)16-5-6-16;1-2-3;/h9-11,14-15H,3-8H2,1-2H3,(H,26,27,28);9-12,15-16H,3-8H2,1-2H3,(H,25,26,28);1H3;1H4. The summed E-state index contributed by atoms with van der Waals surface area (Å²) in [6, 6.07) is 3.46. The summed E-state index contributed by atoms with van der Waals surface area (Å²) in [4.78, 5) is 54.6. The van der Waals surface area contributed by atoms with Gasteiger partial charge >= 0.3 is 0 Å². The van der Waals surface area contributed by atoms with Gasteiger partial charge in [-0.05, 0) is 90.7 Å². The summed E-state index contributed by atoms with van der Waals surface area (Å²) in [7, 11) is 0. The fraction of sp³-hybridized carbons (Fsp3) is 0.468. The molecular weight excluding hydrogens is 866 g/mol. The van der Waals surface area contributed by atoms with Crippen LogP contribution in [0.1, 0.15) is 113 Å². The zero-order valence-electron chi connectivity index (χ0n) is 37.8. The maximum absolute atomic E-state index is 7.32. The first-order valence-electron chi connectivity index (χ1n) is 22.9. The molecule has 2 atom stereocenters. The highest BCUT2D eigenvalue weighted by Gasteiger charge is 2.34. The van der Waals surface area contributed by atoms with Crippen molar-refractivity contribution in [1.29, 1.82) is 5.26 Å². The summed E-state index contributed by atoms with van der Waals surface area (Å²) < 4.78 is 8.80. The number of hydrogen-bond donors (Lipinski definition) is 2. The first-order valence-corrected chi connectivity index (χ1v) is 23.3. The number of halogens is 1. The molecule has 8 heterocycles. The van der Waals surface area contributed by atoms with E-state index in [2.05, 4.69) is 92.6 Å². The maximum atomic E-state index is 7.32. The molecule has 0 amide bonds. The molecule has 8 aromatic rings. The largest absolute Gasteiger partial charge is 0.365 e. The van der Waals surface area contributed by atoms with E-state index in [1.807, 2.05) is 45.0 Å². The van der Waals surface area contributed by atoms with E-state index >= 15 is 0 Å². The van der Waals surface area contributed by atoms with Gasteiger partial charge in [-0.15, -0.1) is 0 Å². The summed E-state index contributed by atoms with van der Waals surface area (Å²) >= 11 is 6.45. The van der Waals surface area contributed by atoms with Crippen LogP contribution in [-0.4, -0.2) is 90.2 Å². The van der Waals surface area contributed by atoms with Gasteiger partial charge in [0.25, 0.3) is 0 Å². The molecule has 2 saturated carbocycles. The Kier molecular flexibility index (Phi) is 12.9. The highest BCUT2D eigenvalue weighted by atomic mass is 35.5. The van der Waals surface area contributed by atoms with Crippen molar-refractivity contribution in [2.75, 3.05) is 10.6 Å². The lowest BCUT2D eigenvalue weighted by molar-refractivity contribution is 0.564. The van der Waals surface area contributed by atoms with Gasteiger partial charge in [0, 0.05) is 93.2 Å². The molecule has 67 heavy (non-hydrogen) atoms. The van der Waals surface area contributed by atoms with Crippen molar-refractivity contribution in [2.24, 2.45) is 0 Å². The SMILES string of the molecule is C.CC#N.CCn1c(-c2cnc(C)nc2)nc2c(NC3CCc4nc(Cl)n(C5CC5)c4C3)ncnc21.CCn1c(-c2cnc(C)nc2)nc2c(NC3CCc4ncn(C5CC5)c4C3)ncnc21. The Balaban J connectivity index is 0.000000157. The molecule has 8 aromatic heterocycles. The molecule has 0 radical (unpaired) electrons. The van der Waals surface area contributed by atoms with Crippen LogP contribution < -0.4 is 10.6 Å². The summed E-state index contributed by atoms with van der Waals surface area (Å²) in [5, 5.41) is 15.3. The predicted molar refractivity (Wildman–Crippen MR) is 256 cm³/mol. The zero-order valence-corrected chi connectivity index (χ0v) is 38.6. The van der Waals surface area contributed by atoms with Crippen molar-refractivity contribution in [2.45, 2.75) is 144 Å². The van der Waals surface area contributed by atoms with Crippen LogP contribution in [0, 0.1) is 25.2 Å². The van der Waals surface area contributed by atoms with E-state index in [4.69, 9.17) is 26.8 Å². The Labute approximate surface area is 394 Å². The Bertz CT molecular complexity index is 3060. The molecule has 0 aromatic carbocycles. The summed E-state index contributed by atoms with van der Waals surface area (Å²) in [5.41, 5.74) is 10.00. The molecule has 12 rings (SSSR count). The van der Waals surface area contributed by atoms with Gasteiger partial charge < -0.3 is 28.9 Å². The quantitative estimate of drug-likeness (QED) is 0.132. The molecule has 2 fully saturated rings. The van der Waals surface area contributed by atoms with Crippen LogP contribution in [0.15, 0.2) is 43.8 Å². The molecule has 19 nitrogen and oxygen atoms in total. The van der Waals surface area contributed by atoms with Gasteiger partial charge in [0.2, 0.25) is 5.28 Å². The number of anilines is 2. The minimum absolute atomic E-state index is 0. The average molecular weight is 923 g/mol. The topological polar surface area (TPSA) is 222 Å². The lowest BCUT2D eigenvalue weighted by Gasteiger charge is -2.24. The molecule has 2 unspecified atom stereocenters. The van der Waals surface area contributed by atoms with Gasteiger partial charge in [0.1, 0.15) is 36.0 Å². The second kappa shape index (κ2) is 19.1. The number of nitriles is 1. The fourth-order valence-corrected chi connectivity index (χ4v) is 9.53. The van der Waals surface area contributed by atoms with E-state index in [0.29, 0.717) is 23.4 Å². The van der Waals surface area contributed by atoms with Crippen LogP contribution in [-0.2, 0) is 38.8 Å². The molecule has 0 bridgehead atoms. The van der Waals surface area contributed by atoms with Gasteiger partial charge in [0.05, 0.1) is 34.9 Å². The van der Waals surface area contributed by atoms with Gasteiger partial charge in [0.15, 0.2) is 34.0 Å². The molecule has 346 valence electrons. The van der Waals surface area contributed by atoms with Gasteiger partial charge in [-0.1, -0.05) is 7.43 Å². The minimum atomic E-state index is 0. The Hall–Kier alpha value is -6.94. The lowest BCUT2D eigenvalue weighted by Crippen LogP contribution is -2.29. The predicted octanol–water partition coefficient (Wildman–Crippen LogP) is 8.04. The molecule has 2 N–H and O–H groups in total. The van der Waals surface area contributed by atoms with Crippen molar-refractivity contribution >= 4 is 45.6 Å². The third-order valence-electron chi connectivity index (χ3n) is 12.7. The second-order valence-electron chi connectivity index (χ2n) is 17.2. The van der Waals surface area contributed by atoms with E-state index in [-0.39, 0.29) is 13.5 Å². The van der Waals surface area contributed by atoms with Crippen LogP contribution in [0.25, 0.3) is 45.1 Å². The second-order valence-corrected chi connectivity index (χ2v) is 17.6. The third-order valence-corrected chi connectivity index (χ3v) is 12.9. The number of rotatable bonds is 10. The van der Waals surface area contributed by atoms with Gasteiger partial charge in [-0.25, -0.2) is 59.8 Å². The van der Waals surface area contributed by atoms with Crippen LogP contribution in [0.4, 0.5) is 11.6 Å². The fourth-order valence-electron chi connectivity index (χ4n) is 9.19. The lowest BCUT2D eigenvalue weighted by atomic mass is 9.95. The molecule has 20 heteroatoms. The molecule has 0 saturated heterocycles. The van der Waals surface area contributed by atoms with Crippen molar-refractivity contribution in [3.05, 3.63) is 83.5 Å². The first kappa shape index (κ1) is 45.2. The third kappa shape index (κ3) is 9.01. The Morgan fingerprint density at radius 1 is 0.642 bits per heavy atom. The van der Waals surface area contributed by atoms with Crippen molar-refractivity contribution in [3.63, 3.8) is 0 Å². The van der Waals surface area contributed by atoms with Crippen LogP contribution in [0.3, 0.4) is 0 Å². The zero-order chi connectivity index (χ0) is 45.5. The van der Waals surface area contributed by atoms with Crippen LogP contribution in [0.5, 0.6) is 0 Å². The van der Waals surface area contributed by atoms with Crippen LogP contribution in [0.2, 0.25) is 5.28 Å². The smallest absolute Gasteiger partial charge is 0.203 e. The van der Waals surface area contributed by atoms with E-state index in [0.717, 1.165) is 126 Å². The highest BCUT2D eigenvalue weighted by Crippen LogP contribution is 2.41. The Morgan fingerprint density at radius 3 is 1.60 bits per heavy atom. The first-order chi connectivity index (χ1) is 32.2. The number of aryl methyl sites for hydroxylation is 6. The normalized spacial score (nSPS) is 17.3. The minimum Gasteiger partial charge on any atom is -0.365 e. The number of nitrogens with one attached hydrogen (secondary N) is 2. The number of nitrogens with zero attached hydrogens (tertiary/aromatic N) is 17. The average Bonchev–Trinajstić information content (AvgIpc) is 4.20.